The maximum Gasteiger partial charge on any atom is 0.191 e. The van der Waals surface area contributed by atoms with Crippen LogP contribution < -0.4 is 0 Å². The summed E-state index contributed by atoms with van der Waals surface area (Å²) in [5, 5.41) is 9.50. The largest absolute Gasteiger partial charge is 0.298 e. The van der Waals surface area contributed by atoms with Crippen LogP contribution in [0.1, 0.15) is 5.56 Å². The van der Waals surface area contributed by atoms with E-state index in [1.54, 1.807) is 24.2 Å². The van der Waals surface area contributed by atoms with Crippen molar-refractivity contribution in [1.82, 2.24) is 19.7 Å². The summed E-state index contributed by atoms with van der Waals surface area (Å²) in [5.41, 5.74) is 2.27. The van der Waals surface area contributed by atoms with Crippen molar-refractivity contribution in [3.05, 3.63) is 60.4 Å². The predicted octanol–water partition coefficient (Wildman–Crippen LogP) is 3.11. The van der Waals surface area contributed by atoms with Crippen LogP contribution in [-0.2, 0) is 6.54 Å². The fourth-order valence-corrected chi connectivity index (χ4v) is 2.56. The molecule has 100 valence electrons. The molecule has 0 spiro atoms. The first-order valence-corrected chi connectivity index (χ1v) is 7.52. The molecule has 3 rings (SSSR count). The monoisotopic (exact) mass is 282 g/mol. The van der Waals surface area contributed by atoms with Gasteiger partial charge in [-0.05, 0) is 24.0 Å². The smallest absolute Gasteiger partial charge is 0.191 e. The third-order valence-electron chi connectivity index (χ3n) is 3.02. The van der Waals surface area contributed by atoms with Gasteiger partial charge in [0.2, 0.25) is 0 Å². The van der Waals surface area contributed by atoms with Crippen LogP contribution in [0.5, 0.6) is 0 Å². The van der Waals surface area contributed by atoms with Crippen molar-refractivity contribution in [2.45, 2.75) is 11.7 Å². The first-order valence-electron chi connectivity index (χ1n) is 6.30. The SMILES string of the molecule is CSc1nnc(-c2ccncc2)n1Cc1ccccc1. The molecule has 2 heterocycles. The highest BCUT2D eigenvalue weighted by atomic mass is 32.2. The number of pyridine rings is 1. The molecule has 0 amide bonds. The Hall–Kier alpha value is -2.14. The number of hydrogen-bond acceptors (Lipinski definition) is 4. The van der Waals surface area contributed by atoms with Gasteiger partial charge in [-0.3, -0.25) is 9.55 Å². The van der Waals surface area contributed by atoms with Gasteiger partial charge in [-0.25, -0.2) is 0 Å². The van der Waals surface area contributed by atoms with Crippen LogP contribution in [0.2, 0.25) is 0 Å². The average molecular weight is 282 g/mol. The second-order valence-corrected chi connectivity index (χ2v) is 5.09. The van der Waals surface area contributed by atoms with Crippen molar-refractivity contribution in [3.8, 4) is 11.4 Å². The lowest BCUT2D eigenvalue weighted by molar-refractivity contribution is 0.715. The molecule has 0 N–H and O–H groups in total. The van der Waals surface area contributed by atoms with Gasteiger partial charge in [0, 0.05) is 18.0 Å². The van der Waals surface area contributed by atoms with Crippen LogP contribution in [0.15, 0.2) is 60.0 Å². The van der Waals surface area contributed by atoms with E-state index in [1.807, 2.05) is 36.6 Å². The Morgan fingerprint density at radius 1 is 1.00 bits per heavy atom. The molecule has 0 aliphatic heterocycles. The van der Waals surface area contributed by atoms with Gasteiger partial charge in [-0.1, -0.05) is 42.1 Å². The van der Waals surface area contributed by atoms with E-state index in [4.69, 9.17) is 0 Å². The fourth-order valence-electron chi connectivity index (χ4n) is 2.06. The van der Waals surface area contributed by atoms with Crippen LogP contribution in [0.3, 0.4) is 0 Å². The van der Waals surface area contributed by atoms with Crippen LogP contribution in [0, 0.1) is 0 Å². The number of benzene rings is 1. The second-order valence-electron chi connectivity index (χ2n) is 4.32. The molecule has 20 heavy (non-hydrogen) atoms. The van der Waals surface area contributed by atoms with E-state index in [2.05, 4.69) is 31.9 Å². The Kier molecular flexibility index (Phi) is 3.78. The molecule has 0 saturated carbocycles. The Balaban J connectivity index is 2.02. The number of rotatable bonds is 4. The molecular formula is C15H14N4S. The van der Waals surface area contributed by atoms with Crippen molar-refractivity contribution in [2.75, 3.05) is 6.26 Å². The summed E-state index contributed by atoms with van der Waals surface area (Å²) in [5.74, 6) is 0.876. The van der Waals surface area contributed by atoms with Gasteiger partial charge in [-0.2, -0.15) is 0 Å². The third kappa shape index (κ3) is 2.58. The van der Waals surface area contributed by atoms with Crippen molar-refractivity contribution in [2.24, 2.45) is 0 Å². The van der Waals surface area contributed by atoms with Crippen LogP contribution in [0.25, 0.3) is 11.4 Å². The summed E-state index contributed by atoms with van der Waals surface area (Å²) in [7, 11) is 0. The van der Waals surface area contributed by atoms with Crippen molar-refractivity contribution in [1.29, 1.82) is 0 Å². The second kappa shape index (κ2) is 5.88. The number of hydrogen-bond donors (Lipinski definition) is 0. The minimum atomic E-state index is 0.766. The quantitative estimate of drug-likeness (QED) is 0.690. The molecule has 0 aliphatic carbocycles. The average Bonchev–Trinajstić information content (AvgIpc) is 2.92. The van der Waals surface area contributed by atoms with Crippen LogP contribution in [0.4, 0.5) is 0 Å². The zero-order valence-corrected chi connectivity index (χ0v) is 11.9. The summed E-state index contributed by atoms with van der Waals surface area (Å²) in [6, 6.07) is 14.2. The molecule has 1 aromatic carbocycles. The molecule has 0 unspecified atom stereocenters. The van der Waals surface area contributed by atoms with Gasteiger partial charge in [0.15, 0.2) is 11.0 Å². The number of aromatic nitrogens is 4. The standard InChI is InChI=1S/C15H14N4S/c1-20-15-18-17-14(13-7-9-16-10-8-13)19(15)11-12-5-3-2-4-6-12/h2-10H,11H2,1H3. The minimum absolute atomic E-state index is 0.766. The highest BCUT2D eigenvalue weighted by molar-refractivity contribution is 7.98. The molecule has 0 atom stereocenters. The molecule has 0 aliphatic rings. The molecule has 0 radical (unpaired) electrons. The normalized spacial score (nSPS) is 10.7. The van der Waals surface area contributed by atoms with Gasteiger partial charge >= 0.3 is 0 Å². The fraction of sp³-hybridized carbons (Fsp3) is 0.133. The first kappa shape index (κ1) is 12.9. The molecule has 0 bridgehead atoms. The molecule has 5 heteroatoms. The summed E-state index contributed by atoms with van der Waals surface area (Å²) in [6.07, 6.45) is 5.56. The van der Waals surface area contributed by atoms with E-state index in [1.165, 1.54) is 5.56 Å². The Morgan fingerprint density at radius 3 is 2.45 bits per heavy atom. The maximum absolute atomic E-state index is 4.32. The van der Waals surface area contributed by atoms with Crippen LogP contribution >= 0.6 is 11.8 Å². The lowest BCUT2D eigenvalue weighted by Gasteiger charge is -2.09. The van der Waals surface area contributed by atoms with Gasteiger partial charge in [-0.15, -0.1) is 10.2 Å². The van der Waals surface area contributed by atoms with E-state index < -0.39 is 0 Å². The lowest BCUT2D eigenvalue weighted by atomic mass is 10.2. The Labute approximate surface area is 121 Å². The Morgan fingerprint density at radius 2 is 1.75 bits per heavy atom. The third-order valence-corrected chi connectivity index (χ3v) is 3.69. The number of nitrogens with zero attached hydrogens (tertiary/aromatic N) is 4. The van der Waals surface area contributed by atoms with Gasteiger partial charge in [0.05, 0.1) is 6.54 Å². The summed E-state index contributed by atoms with van der Waals surface area (Å²) in [6.45, 7) is 0.766. The lowest BCUT2D eigenvalue weighted by Crippen LogP contribution is -2.03. The summed E-state index contributed by atoms with van der Waals surface area (Å²) < 4.78 is 2.13. The van der Waals surface area contributed by atoms with E-state index in [-0.39, 0.29) is 0 Å². The first-order chi connectivity index (χ1) is 9.88. The van der Waals surface area contributed by atoms with Gasteiger partial charge in [0.1, 0.15) is 0 Å². The van der Waals surface area contributed by atoms with E-state index >= 15 is 0 Å². The van der Waals surface area contributed by atoms with Crippen molar-refractivity contribution < 1.29 is 0 Å². The van der Waals surface area contributed by atoms with E-state index in [9.17, 15) is 0 Å². The molecule has 3 aromatic rings. The van der Waals surface area contributed by atoms with Crippen LogP contribution in [-0.4, -0.2) is 26.0 Å². The van der Waals surface area contributed by atoms with Gasteiger partial charge in [0.25, 0.3) is 0 Å². The van der Waals surface area contributed by atoms with Gasteiger partial charge < -0.3 is 0 Å². The molecule has 4 nitrogen and oxygen atoms in total. The van der Waals surface area contributed by atoms with Crippen molar-refractivity contribution >= 4 is 11.8 Å². The summed E-state index contributed by atoms with van der Waals surface area (Å²) >= 11 is 1.60. The highest BCUT2D eigenvalue weighted by Gasteiger charge is 2.13. The highest BCUT2D eigenvalue weighted by Crippen LogP contribution is 2.23. The zero-order chi connectivity index (χ0) is 13.8. The number of thioether (sulfide) groups is 1. The topological polar surface area (TPSA) is 43.6 Å². The van der Waals surface area contributed by atoms with Crippen molar-refractivity contribution in [3.63, 3.8) is 0 Å². The predicted molar refractivity (Wildman–Crippen MR) is 80.6 cm³/mol. The van der Waals surface area contributed by atoms with E-state index in [0.717, 1.165) is 23.1 Å². The van der Waals surface area contributed by atoms with E-state index in [0.29, 0.717) is 0 Å². The summed E-state index contributed by atoms with van der Waals surface area (Å²) in [4.78, 5) is 4.05. The molecular weight excluding hydrogens is 268 g/mol. The molecule has 2 aromatic heterocycles. The minimum Gasteiger partial charge on any atom is -0.298 e. The zero-order valence-electron chi connectivity index (χ0n) is 11.1. The maximum atomic E-state index is 4.32. The molecule has 0 fully saturated rings. The molecule has 0 saturated heterocycles. The Bertz CT molecular complexity index is 680.